The molecular formula is C36H21B5N2S. The summed E-state index contributed by atoms with van der Waals surface area (Å²) in [6, 6.07) is 41.9. The number of hydrogen-bond acceptors (Lipinski definition) is 3. The molecule has 0 aliphatic heterocycles. The summed E-state index contributed by atoms with van der Waals surface area (Å²) < 4.78 is 2.47. The van der Waals surface area contributed by atoms with Crippen molar-refractivity contribution >= 4 is 126 Å². The van der Waals surface area contributed by atoms with Crippen molar-refractivity contribution in [1.29, 1.82) is 0 Å². The highest BCUT2D eigenvalue weighted by molar-refractivity contribution is 7.25. The van der Waals surface area contributed by atoms with Gasteiger partial charge in [-0.2, -0.15) is 0 Å². The van der Waals surface area contributed by atoms with E-state index >= 15 is 0 Å². The van der Waals surface area contributed by atoms with Gasteiger partial charge in [-0.3, -0.25) is 0 Å². The molecule has 0 aliphatic rings. The van der Waals surface area contributed by atoms with Gasteiger partial charge in [-0.25, -0.2) is 0 Å². The zero-order chi connectivity index (χ0) is 30.4. The van der Waals surface area contributed by atoms with E-state index in [2.05, 4.69) is 95.1 Å². The molecule has 0 spiro atoms. The predicted molar refractivity (Wildman–Crippen MR) is 196 cm³/mol. The summed E-state index contributed by atoms with van der Waals surface area (Å²) in [7, 11) is 30.7. The number of anilines is 5. The molecule has 1 N–H and O–H groups in total. The first-order chi connectivity index (χ1) is 21.4. The molecule has 6 aromatic carbocycles. The maximum absolute atomic E-state index is 6.27. The number of hydrogen-bond donors (Lipinski definition) is 1. The van der Waals surface area contributed by atoms with Crippen LogP contribution in [0, 0.1) is 0 Å². The lowest BCUT2D eigenvalue weighted by molar-refractivity contribution is 1.29. The minimum Gasteiger partial charge on any atom is -0.356 e. The molecule has 2 nitrogen and oxygen atoms in total. The first-order valence-corrected chi connectivity index (χ1v) is 15.0. The van der Waals surface area contributed by atoms with Crippen molar-refractivity contribution in [3.05, 3.63) is 121 Å². The maximum Gasteiger partial charge on any atom is 0.113 e. The van der Waals surface area contributed by atoms with Gasteiger partial charge >= 0.3 is 0 Å². The minimum atomic E-state index is 0.207. The van der Waals surface area contributed by atoms with Crippen LogP contribution in [0.2, 0.25) is 0 Å². The summed E-state index contributed by atoms with van der Waals surface area (Å²) >= 11 is 1.79. The minimum absolute atomic E-state index is 0.207. The number of para-hydroxylation sites is 2. The highest BCUT2D eigenvalue weighted by Crippen LogP contribution is 2.41. The van der Waals surface area contributed by atoms with Gasteiger partial charge in [0.1, 0.15) is 39.2 Å². The van der Waals surface area contributed by atoms with Crippen LogP contribution in [0.3, 0.4) is 0 Å². The van der Waals surface area contributed by atoms with Crippen LogP contribution < -0.4 is 37.5 Å². The van der Waals surface area contributed by atoms with Gasteiger partial charge in [-0.05, 0) is 83.9 Å². The van der Waals surface area contributed by atoms with Crippen LogP contribution in [0.1, 0.15) is 0 Å². The van der Waals surface area contributed by atoms with Crippen molar-refractivity contribution in [1.82, 2.24) is 0 Å². The Kier molecular flexibility index (Phi) is 7.39. The highest BCUT2D eigenvalue weighted by atomic mass is 32.1. The Morgan fingerprint density at radius 2 is 0.955 bits per heavy atom. The van der Waals surface area contributed by atoms with Gasteiger partial charge in [0.05, 0.1) is 0 Å². The smallest absolute Gasteiger partial charge is 0.113 e. The number of rotatable bonds is 6. The predicted octanol–water partition coefficient (Wildman–Crippen LogP) is 4.90. The fourth-order valence-corrected chi connectivity index (χ4v) is 6.70. The lowest BCUT2D eigenvalue weighted by atomic mass is 9.60. The van der Waals surface area contributed by atoms with Crippen molar-refractivity contribution in [2.45, 2.75) is 0 Å². The largest absolute Gasteiger partial charge is 0.356 e. The molecule has 7 aromatic rings. The van der Waals surface area contributed by atoms with Gasteiger partial charge < -0.3 is 10.2 Å². The first-order valence-electron chi connectivity index (χ1n) is 14.1. The molecule has 0 bridgehead atoms. The van der Waals surface area contributed by atoms with E-state index in [4.69, 9.17) is 39.2 Å². The molecule has 0 saturated carbocycles. The third kappa shape index (κ3) is 5.04. The number of nitrogens with one attached hydrogen (secondary N) is 1. The molecule has 0 unspecified atom stereocenters. The number of benzene rings is 6. The molecule has 196 valence electrons. The van der Waals surface area contributed by atoms with E-state index in [-0.39, 0.29) is 16.4 Å². The van der Waals surface area contributed by atoms with E-state index in [1.807, 2.05) is 36.4 Å². The van der Waals surface area contributed by atoms with Gasteiger partial charge in [0.15, 0.2) is 0 Å². The average molecular weight is 568 g/mol. The van der Waals surface area contributed by atoms with Crippen molar-refractivity contribution in [2.75, 3.05) is 10.2 Å². The highest BCUT2D eigenvalue weighted by Gasteiger charge is 2.15. The Bertz CT molecular complexity index is 2080. The van der Waals surface area contributed by atoms with E-state index in [0.717, 1.165) is 34.0 Å². The van der Waals surface area contributed by atoms with E-state index in [1.165, 1.54) is 20.2 Å². The molecule has 0 aliphatic carbocycles. The normalized spacial score (nSPS) is 11.2. The molecule has 0 amide bonds. The third-order valence-corrected chi connectivity index (χ3v) is 9.05. The fourth-order valence-electron chi connectivity index (χ4n) is 5.63. The van der Waals surface area contributed by atoms with Crippen LogP contribution in [0.5, 0.6) is 0 Å². The van der Waals surface area contributed by atoms with E-state index in [0.29, 0.717) is 16.5 Å². The second-order valence-electron chi connectivity index (χ2n) is 10.6. The summed E-state index contributed by atoms with van der Waals surface area (Å²) in [5, 5.41) is 5.95. The van der Waals surface area contributed by atoms with Gasteiger partial charge in [0, 0.05) is 48.6 Å². The van der Waals surface area contributed by atoms with Crippen LogP contribution in [0.4, 0.5) is 28.4 Å². The quantitative estimate of drug-likeness (QED) is 0.288. The Labute approximate surface area is 268 Å². The van der Waals surface area contributed by atoms with Crippen LogP contribution >= 0.6 is 11.3 Å². The summed E-state index contributed by atoms with van der Waals surface area (Å²) in [5.74, 6) is 0. The number of thiophene rings is 1. The van der Waals surface area contributed by atoms with Gasteiger partial charge in [0.25, 0.3) is 0 Å². The Morgan fingerprint density at radius 3 is 1.55 bits per heavy atom. The van der Waals surface area contributed by atoms with Crippen LogP contribution in [0.25, 0.3) is 31.3 Å². The second kappa shape index (κ2) is 11.5. The molecule has 7 rings (SSSR count). The maximum atomic E-state index is 6.27. The monoisotopic (exact) mass is 568 g/mol. The summed E-state index contributed by atoms with van der Waals surface area (Å²) in [5.41, 5.74) is 7.94. The fraction of sp³-hybridized carbons (Fsp3) is 0. The molecule has 10 radical (unpaired) electrons. The number of nitrogens with zero attached hydrogens (tertiary/aromatic N) is 1. The lowest BCUT2D eigenvalue weighted by Crippen LogP contribution is -2.55. The first kappa shape index (κ1) is 28.2. The van der Waals surface area contributed by atoms with Crippen molar-refractivity contribution in [3.8, 4) is 11.1 Å². The van der Waals surface area contributed by atoms with Crippen LogP contribution in [-0.4, -0.2) is 39.2 Å². The van der Waals surface area contributed by atoms with Crippen molar-refractivity contribution in [2.24, 2.45) is 0 Å². The molecule has 0 fully saturated rings. The van der Waals surface area contributed by atoms with E-state index in [9.17, 15) is 0 Å². The van der Waals surface area contributed by atoms with Crippen LogP contribution in [0.15, 0.2) is 121 Å². The van der Waals surface area contributed by atoms with Gasteiger partial charge in [0.2, 0.25) is 0 Å². The zero-order valence-electron chi connectivity index (χ0n) is 23.8. The zero-order valence-corrected chi connectivity index (χ0v) is 24.6. The molecule has 44 heavy (non-hydrogen) atoms. The lowest BCUT2D eigenvalue weighted by Gasteiger charge is -2.25. The number of fused-ring (bicyclic) bond motifs is 3. The Hall–Kier alpha value is -4.54. The van der Waals surface area contributed by atoms with Crippen LogP contribution in [-0.2, 0) is 0 Å². The Balaban J connectivity index is 1.24. The molecular weight excluding hydrogens is 547 g/mol. The molecule has 0 saturated heterocycles. The molecule has 8 heteroatoms. The summed E-state index contributed by atoms with van der Waals surface area (Å²) in [6.07, 6.45) is 0. The average Bonchev–Trinajstić information content (AvgIpc) is 3.42. The standard InChI is InChI=1S/C36H21B5N2S/c37-32-31(33(38)35(40)36(41)34(32)39)21-11-13-22(14-12-21)42-23-15-17-29-27(19-23)28-20-26(16-18-30(28)44-29)43(24-7-3-1-4-8-24)25-9-5-2-6-10-25/h1-20,42H. The summed E-state index contributed by atoms with van der Waals surface area (Å²) in [4.78, 5) is 2.29. The van der Waals surface area contributed by atoms with Crippen molar-refractivity contribution in [3.63, 3.8) is 0 Å². The molecule has 1 aromatic heterocycles. The molecule has 0 atom stereocenters. The van der Waals surface area contributed by atoms with E-state index in [1.54, 1.807) is 11.3 Å². The third-order valence-electron chi connectivity index (χ3n) is 7.90. The topological polar surface area (TPSA) is 15.3 Å². The van der Waals surface area contributed by atoms with Gasteiger partial charge in [-0.1, -0.05) is 59.5 Å². The SMILES string of the molecule is [B]c1c([B])c([B])c(-c2ccc(Nc3ccc4sc5ccc(N(c6ccccc6)c6ccccc6)cc5c4c3)cc2)c([B])c1[B]. The summed E-state index contributed by atoms with van der Waals surface area (Å²) in [6.45, 7) is 0. The second-order valence-corrected chi connectivity index (χ2v) is 11.7. The Morgan fingerprint density at radius 1 is 0.455 bits per heavy atom. The van der Waals surface area contributed by atoms with E-state index < -0.39 is 0 Å². The van der Waals surface area contributed by atoms with Crippen molar-refractivity contribution < 1.29 is 0 Å². The van der Waals surface area contributed by atoms with Gasteiger partial charge in [-0.15, -0.1) is 27.7 Å². The molecule has 1 heterocycles.